The molecule has 2 rings (SSSR count). The molecule has 0 saturated heterocycles. The number of para-hydroxylation sites is 2. The maximum atomic E-state index is 12.9. The van der Waals surface area contributed by atoms with E-state index < -0.39 is 11.7 Å². The highest BCUT2D eigenvalue weighted by Gasteiger charge is 2.33. The van der Waals surface area contributed by atoms with Crippen LogP contribution in [-0.2, 0) is 6.18 Å². The van der Waals surface area contributed by atoms with E-state index >= 15 is 0 Å². The van der Waals surface area contributed by atoms with Gasteiger partial charge in [0.1, 0.15) is 0 Å². The Morgan fingerprint density at radius 1 is 1.00 bits per heavy atom. The highest BCUT2D eigenvalue weighted by molar-refractivity contribution is 6.30. The molecule has 0 bridgehead atoms. The van der Waals surface area contributed by atoms with Crippen molar-refractivity contribution in [3.05, 3.63) is 53.1 Å². The van der Waals surface area contributed by atoms with Crippen LogP contribution in [0.15, 0.2) is 42.5 Å². The minimum Gasteiger partial charge on any atom is -0.397 e. The summed E-state index contributed by atoms with van der Waals surface area (Å²) in [5.41, 5.74) is 5.55. The normalized spacial score (nSPS) is 11.4. The topological polar surface area (TPSA) is 38.0 Å². The molecule has 0 saturated carbocycles. The Morgan fingerprint density at radius 3 is 2.32 bits per heavy atom. The average molecular weight is 287 g/mol. The molecule has 19 heavy (non-hydrogen) atoms. The van der Waals surface area contributed by atoms with Gasteiger partial charge in [0.25, 0.3) is 0 Å². The fourth-order valence-electron chi connectivity index (χ4n) is 1.62. The van der Waals surface area contributed by atoms with E-state index in [0.717, 1.165) is 6.07 Å². The first-order chi connectivity index (χ1) is 8.88. The van der Waals surface area contributed by atoms with Gasteiger partial charge in [-0.15, -0.1) is 0 Å². The summed E-state index contributed by atoms with van der Waals surface area (Å²) in [7, 11) is 0. The minimum atomic E-state index is -4.49. The van der Waals surface area contributed by atoms with Crippen LogP contribution in [0.5, 0.6) is 0 Å². The van der Waals surface area contributed by atoms with Gasteiger partial charge in [-0.3, -0.25) is 0 Å². The van der Waals surface area contributed by atoms with Crippen LogP contribution in [0.25, 0.3) is 0 Å². The Hall–Kier alpha value is -1.88. The van der Waals surface area contributed by atoms with Crippen LogP contribution in [0.3, 0.4) is 0 Å². The van der Waals surface area contributed by atoms with E-state index in [4.69, 9.17) is 17.3 Å². The first kappa shape index (κ1) is 13.5. The van der Waals surface area contributed by atoms with Gasteiger partial charge in [0.15, 0.2) is 0 Å². The third-order valence-corrected chi connectivity index (χ3v) is 2.75. The van der Waals surface area contributed by atoms with Crippen molar-refractivity contribution in [2.45, 2.75) is 6.18 Å². The Morgan fingerprint density at radius 2 is 1.68 bits per heavy atom. The lowest BCUT2D eigenvalue weighted by Gasteiger charge is -2.16. The number of anilines is 3. The van der Waals surface area contributed by atoms with Crippen LogP contribution in [0.2, 0.25) is 5.02 Å². The third kappa shape index (κ3) is 3.12. The molecule has 0 amide bonds. The van der Waals surface area contributed by atoms with E-state index in [1.54, 1.807) is 24.3 Å². The van der Waals surface area contributed by atoms with Crippen LogP contribution in [0.4, 0.5) is 30.2 Å². The number of benzene rings is 2. The zero-order chi connectivity index (χ0) is 14.0. The zero-order valence-electron chi connectivity index (χ0n) is 9.63. The maximum absolute atomic E-state index is 12.9. The largest absolute Gasteiger partial charge is 0.418 e. The van der Waals surface area contributed by atoms with Gasteiger partial charge in [0.2, 0.25) is 0 Å². The molecular formula is C13H10ClF3N2. The van der Waals surface area contributed by atoms with Crippen molar-refractivity contribution in [3.8, 4) is 0 Å². The van der Waals surface area contributed by atoms with Gasteiger partial charge in [-0.1, -0.05) is 23.7 Å². The Kier molecular flexibility index (Phi) is 3.57. The third-order valence-electron chi connectivity index (χ3n) is 2.52. The second kappa shape index (κ2) is 5.01. The smallest absolute Gasteiger partial charge is 0.397 e. The predicted molar refractivity (Wildman–Crippen MR) is 70.6 cm³/mol. The lowest BCUT2D eigenvalue weighted by molar-refractivity contribution is -0.136. The number of nitrogens with two attached hydrogens (primary N) is 1. The first-order valence-electron chi connectivity index (χ1n) is 5.36. The average Bonchev–Trinajstić information content (AvgIpc) is 2.33. The second-order valence-corrected chi connectivity index (χ2v) is 4.34. The first-order valence-corrected chi connectivity index (χ1v) is 5.74. The lowest BCUT2D eigenvalue weighted by Crippen LogP contribution is -2.09. The number of hydrogen-bond donors (Lipinski definition) is 2. The quantitative estimate of drug-likeness (QED) is 0.786. The summed E-state index contributed by atoms with van der Waals surface area (Å²) in [6, 6.07) is 10.1. The van der Waals surface area contributed by atoms with Crippen LogP contribution < -0.4 is 11.1 Å². The van der Waals surface area contributed by atoms with Gasteiger partial charge in [-0.2, -0.15) is 13.2 Å². The van der Waals surface area contributed by atoms with Gasteiger partial charge in [0, 0.05) is 5.02 Å². The highest BCUT2D eigenvalue weighted by atomic mass is 35.5. The Balaban J connectivity index is 2.44. The summed E-state index contributed by atoms with van der Waals surface area (Å²) >= 11 is 5.60. The molecule has 2 aromatic rings. The van der Waals surface area contributed by atoms with Crippen LogP contribution >= 0.6 is 11.6 Å². The minimum absolute atomic E-state index is 0.0268. The molecule has 2 nitrogen and oxygen atoms in total. The second-order valence-electron chi connectivity index (χ2n) is 3.90. The predicted octanol–water partition coefficient (Wildman–Crippen LogP) is 4.68. The van der Waals surface area contributed by atoms with Crippen molar-refractivity contribution in [1.82, 2.24) is 0 Å². The standard InChI is InChI=1S/C13H10ClF3N2/c14-8-5-6-11(9(7-8)13(15,16)17)19-12-4-2-1-3-10(12)18/h1-7,19H,18H2. The van der Waals surface area contributed by atoms with Crippen molar-refractivity contribution >= 4 is 28.7 Å². The van der Waals surface area contributed by atoms with Crippen molar-refractivity contribution in [2.24, 2.45) is 0 Å². The number of rotatable bonds is 2. The molecule has 0 radical (unpaired) electrons. The SMILES string of the molecule is Nc1ccccc1Nc1ccc(Cl)cc1C(F)(F)F. The summed E-state index contributed by atoms with van der Waals surface area (Å²) in [5, 5.41) is 2.70. The van der Waals surface area contributed by atoms with Crippen molar-refractivity contribution in [1.29, 1.82) is 0 Å². The molecule has 3 N–H and O–H groups in total. The van der Waals surface area contributed by atoms with E-state index in [1.165, 1.54) is 12.1 Å². The van der Waals surface area contributed by atoms with E-state index in [0.29, 0.717) is 11.4 Å². The lowest BCUT2D eigenvalue weighted by atomic mass is 10.1. The summed E-state index contributed by atoms with van der Waals surface area (Å²) in [6.45, 7) is 0. The number of nitrogen functional groups attached to an aromatic ring is 1. The molecule has 0 fully saturated rings. The van der Waals surface area contributed by atoms with Crippen molar-refractivity contribution in [3.63, 3.8) is 0 Å². The molecule has 0 aliphatic carbocycles. The fourth-order valence-corrected chi connectivity index (χ4v) is 1.79. The molecule has 0 spiro atoms. The molecule has 2 aromatic carbocycles. The van der Waals surface area contributed by atoms with E-state index in [9.17, 15) is 13.2 Å². The summed E-state index contributed by atoms with van der Waals surface area (Å²) in [5.74, 6) is 0. The van der Waals surface area contributed by atoms with Gasteiger partial charge in [-0.25, -0.2) is 0 Å². The molecule has 100 valence electrons. The summed E-state index contributed by atoms with van der Waals surface area (Å²) in [4.78, 5) is 0. The molecule has 0 aromatic heterocycles. The molecule has 0 aliphatic heterocycles. The van der Waals surface area contributed by atoms with Crippen LogP contribution in [-0.4, -0.2) is 0 Å². The number of nitrogens with one attached hydrogen (secondary N) is 1. The summed E-state index contributed by atoms with van der Waals surface area (Å²) < 4.78 is 38.7. The van der Waals surface area contributed by atoms with Gasteiger partial charge < -0.3 is 11.1 Å². The van der Waals surface area contributed by atoms with Crippen molar-refractivity contribution < 1.29 is 13.2 Å². The number of hydrogen-bond acceptors (Lipinski definition) is 2. The molecule has 6 heteroatoms. The van der Waals surface area contributed by atoms with Crippen molar-refractivity contribution in [2.75, 3.05) is 11.1 Å². The Labute approximate surface area is 113 Å². The van der Waals surface area contributed by atoms with Crippen LogP contribution in [0.1, 0.15) is 5.56 Å². The fraction of sp³-hybridized carbons (Fsp3) is 0.0769. The zero-order valence-corrected chi connectivity index (χ0v) is 10.4. The number of alkyl halides is 3. The Bertz CT molecular complexity index is 597. The van der Waals surface area contributed by atoms with E-state index in [1.807, 2.05) is 0 Å². The van der Waals surface area contributed by atoms with Crippen LogP contribution in [0, 0.1) is 0 Å². The molecular weight excluding hydrogens is 277 g/mol. The van der Waals surface area contributed by atoms with E-state index in [2.05, 4.69) is 5.32 Å². The molecule has 0 heterocycles. The van der Waals surface area contributed by atoms with E-state index in [-0.39, 0.29) is 10.7 Å². The maximum Gasteiger partial charge on any atom is 0.418 e. The molecule has 0 unspecified atom stereocenters. The molecule has 0 atom stereocenters. The highest BCUT2D eigenvalue weighted by Crippen LogP contribution is 2.38. The monoisotopic (exact) mass is 286 g/mol. The van der Waals surface area contributed by atoms with Gasteiger partial charge in [0.05, 0.1) is 22.6 Å². The summed E-state index contributed by atoms with van der Waals surface area (Å²) in [6.07, 6.45) is -4.49. The van der Waals surface area contributed by atoms with Gasteiger partial charge >= 0.3 is 6.18 Å². The number of halogens is 4. The molecule has 0 aliphatic rings. The van der Waals surface area contributed by atoms with Gasteiger partial charge in [-0.05, 0) is 30.3 Å².